The summed E-state index contributed by atoms with van der Waals surface area (Å²) in [5.41, 5.74) is 11.6. The fourth-order valence-electron chi connectivity index (χ4n) is 1.54. The quantitative estimate of drug-likeness (QED) is 0.849. The van der Waals surface area contributed by atoms with Crippen molar-refractivity contribution in [3.8, 4) is 6.07 Å². The average Bonchev–Trinajstić information content (AvgIpc) is 2.63. The van der Waals surface area contributed by atoms with Crippen LogP contribution in [0.4, 0.5) is 10.7 Å². The Labute approximate surface area is 111 Å². The Balaban J connectivity index is 3.05. The zero-order valence-corrected chi connectivity index (χ0v) is 11.7. The van der Waals surface area contributed by atoms with Crippen molar-refractivity contribution >= 4 is 27.9 Å². The molecule has 0 unspecified atom stereocenters. The van der Waals surface area contributed by atoms with Crippen molar-refractivity contribution < 1.29 is 4.79 Å². The van der Waals surface area contributed by atoms with Gasteiger partial charge in [0.05, 0.1) is 5.69 Å². The number of anilines is 2. The van der Waals surface area contributed by atoms with Crippen LogP contribution in [0.5, 0.6) is 0 Å². The number of hydrogen-bond donors (Lipinski definition) is 2. The molecule has 0 fully saturated rings. The van der Waals surface area contributed by atoms with Crippen LogP contribution in [0.15, 0.2) is 0 Å². The molecule has 1 heterocycles. The molecule has 4 N–H and O–H groups in total. The van der Waals surface area contributed by atoms with Gasteiger partial charge in [0, 0.05) is 13.6 Å². The summed E-state index contributed by atoms with van der Waals surface area (Å²) in [5.74, 6) is -0.0107. The fourth-order valence-corrected chi connectivity index (χ4v) is 2.56. The zero-order chi connectivity index (χ0) is 13.9. The van der Waals surface area contributed by atoms with E-state index in [9.17, 15) is 4.79 Å². The molecule has 0 radical (unpaired) electrons. The van der Waals surface area contributed by atoms with Crippen molar-refractivity contribution in [3.63, 3.8) is 0 Å². The SMILES string of the molecule is CC(C)CCN(C)c1sc(C(N)=O)c(N)c1C#N. The number of nitrogen functional groups attached to an aromatic ring is 1. The van der Waals surface area contributed by atoms with Crippen LogP contribution in [-0.2, 0) is 0 Å². The van der Waals surface area contributed by atoms with Gasteiger partial charge < -0.3 is 16.4 Å². The van der Waals surface area contributed by atoms with E-state index in [0.29, 0.717) is 16.5 Å². The minimum absolute atomic E-state index is 0.196. The van der Waals surface area contributed by atoms with Gasteiger partial charge in [0.2, 0.25) is 0 Å². The minimum Gasteiger partial charge on any atom is -0.396 e. The lowest BCUT2D eigenvalue weighted by molar-refractivity contribution is 0.100. The van der Waals surface area contributed by atoms with Crippen LogP contribution in [-0.4, -0.2) is 19.5 Å². The lowest BCUT2D eigenvalue weighted by atomic mass is 10.1. The van der Waals surface area contributed by atoms with E-state index in [4.69, 9.17) is 16.7 Å². The standard InChI is InChI=1S/C12H18N4OS/c1-7(2)4-5-16(3)12-8(6-13)9(14)10(18-12)11(15)17/h7H,4-5,14H2,1-3H3,(H2,15,17). The van der Waals surface area contributed by atoms with E-state index < -0.39 is 5.91 Å². The van der Waals surface area contributed by atoms with Crippen molar-refractivity contribution in [2.24, 2.45) is 11.7 Å². The molecule has 1 aromatic rings. The van der Waals surface area contributed by atoms with Crippen LogP contribution in [0.25, 0.3) is 0 Å². The summed E-state index contributed by atoms with van der Waals surface area (Å²) in [6.45, 7) is 5.08. The molecule has 1 rings (SSSR count). The third kappa shape index (κ3) is 2.93. The van der Waals surface area contributed by atoms with Gasteiger partial charge in [-0.25, -0.2) is 0 Å². The molecule has 0 spiro atoms. The van der Waals surface area contributed by atoms with Crippen molar-refractivity contribution in [1.29, 1.82) is 5.26 Å². The maximum absolute atomic E-state index is 11.2. The number of nitrogens with two attached hydrogens (primary N) is 2. The van der Waals surface area contributed by atoms with Crippen LogP contribution in [0.2, 0.25) is 0 Å². The highest BCUT2D eigenvalue weighted by Gasteiger charge is 2.21. The van der Waals surface area contributed by atoms with E-state index in [2.05, 4.69) is 13.8 Å². The largest absolute Gasteiger partial charge is 0.396 e. The van der Waals surface area contributed by atoms with Crippen molar-refractivity contribution in [1.82, 2.24) is 0 Å². The molecule has 18 heavy (non-hydrogen) atoms. The van der Waals surface area contributed by atoms with E-state index in [1.54, 1.807) is 0 Å². The highest BCUT2D eigenvalue weighted by molar-refractivity contribution is 7.19. The molecule has 0 saturated heterocycles. The van der Waals surface area contributed by atoms with E-state index in [0.717, 1.165) is 13.0 Å². The predicted octanol–water partition coefficient (Wildman–Crippen LogP) is 1.78. The molecule has 0 aromatic carbocycles. The number of primary amides is 1. The number of amides is 1. The van der Waals surface area contributed by atoms with E-state index in [1.807, 2.05) is 18.0 Å². The highest BCUT2D eigenvalue weighted by Crippen LogP contribution is 2.37. The Morgan fingerprint density at radius 3 is 2.61 bits per heavy atom. The van der Waals surface area contributed by atoms with Crippen LogP contribution in [0, 0.1) is 17.2 Å². The van der Waals surface area contributed by atoms with E-state index in [1.165, 1.54) is 11.3 Å². The Morgan fingerprint density at radius 2 is 2.17 bits per heavy atom. The first-order chi connectivity index (χ1) is 8.38. The molecule has 0 aliphatic rings. The second kappa shape index (κ2) is 5.74. The molecule has 98 valence electrons. The molecule has 1 aromatic heterocycles. The highest BCUT2D eigenvalue weighted by atomic mass is 32.1. The van der Waals surface area contributed by atoms with Gasteiger partial charge in [0.25, 0.3) is 5.91 Å². The van der Waals surface area contributed by atoms with Crippen LogP contribution in [0.1, 0.15) is 35.5 Å². The molecule has 6 heteroatoms. The van der Waals surface area contributed by atoms with Gasteiger partial charge in [-0.2, -0.15) is 5.26 Å². The summed E-state index contributed by atoms with van der Waals surface area (Å²) in [6, 6.07) is 2.04. The monoisotopic (exact) mass is 266 g/mol. The lowest BCUT2D eigenvalue weighted by Gasteiger charge is -2.18. The third-order valence-electron chi connectivity index (χ3n) is 2.65. The molecule has 0 aliphatic carbocycles. The summed E-state index contributed by atoms with van der Waals surface area (Å²) >= 11 is 1.18. The van der Waals surface area contributed by atoms with Gasteiger partial charge in [0.15, 0.2) is 0 Å². The van der Waals surface area contributed by atoms with Gasteiger partial charge in [0.1, 0.15) is 21.5 Å². The van der Waals surface area contributed by atoms with Crippen LogP contribution >= 0.6 is 11.3 Å². The average molecular weight is 266 g/mol. The Morgan fingerprint density at radius 1 is 1.56 bits per heavy atom. The van der Waals surface area contributed by atoms with Gasteiger partial charge in [-0.05, 0) is 12.3 Å². The summed E-state index contributed by atoms with van der Waals surface area (Å²) in [6.07, 6.45) is 1.01. The molecular weight excluding hydrogens is 248 g/mol. The number of carbonyl (C=O) groups excluding carboxylic acids is 1. The Bertz CT molecular complexity index is 487. The fraction of sp³-hybridized carbons (Fsp3) is 0.500. The minimum atomic E-state index is -0.586. The number of thiophene rings is 1. The first-order valence-electron chi connectivity index (χ1n) is 5.71. The van der Waals surface area contributed by atoms with Crippen LogP contribution < -0.4 is 16.4 Å². The van der Waals surface area contributed by atoms with Crippen molar-refractivity contribution in [2.45, 2.75) is 20.3 Å². The molecule has 0 atom stereocenters. The number of nitriles is 1. The van der Waals surface area contributed by atoms with Gasteiger partial charge in [-0.15, -0.1) is 11.3 Å². The molecule has 0 saturated carbocycles. The van der Waals surface area contributed by atoms with Crippen LogP contribution in [0.3, 0.4) is 0 Å². The second-order valence-corrected chi connectivity index (χ2v) is 5.60. The molecular formula is C12H18N4OS. The summed E-state index contributed by atoms with van der Waals surface area (Å²) in [4.78, 5) is 13.4. The number of rotatable bonds is 5. The van der Waals surface area contributed by atoms with Gasteiger partial charge >= 0.3 is 0 Å². The molecule has 0 aliphatic heterocycles. The van der Waals surface area contributed by atoms with Crippen molar-refractivity contribution in [3.05, 3.63) is 10.4 Å². The molecule has 0 bridgehead atoms. The first kappa shape index (κ1) is 14.3. The maximum Gasteiger partial charge on any atom is 0.261 e. The smallest absolute Gasteiger partial charge is 0.261 e. The Hall–Kier alpha value is -1.74. The topological polar surface area (TPSA) is 96.1 Å². The van der Waals surface area contributed by atoms with Gasteiger partial charge in [-0.3, -0.25) is 4.79 Å². The van der Waals surface area contributed by atoms with Crippen molar-refractivity contribution in [2.75, 3.05) is 24.2 Å². The lowest BCUT2D eigenvalue weighted by Crippen LogP contribution is -2.19. The van der Waals surface area contributed by atoms with E-state index >= 15 is 0 Å². The molecule has 5 nitrogen and oxygen atoms in total. The third-order valence-corrected chi connectivity index (χ3v) is 3.99. The predicted molar refractivity (Wildman–Crippen MR) is 74.7 cm³/mol. The second-order valence-electron chi connectivity index (χ2n) is 4.61. The molecule has 1 amide bonds. The summed E-state index contributed by atoms with van der Waals surface area (Å²) in [5, 5.41) is 9.83. The van der Waals surface area contributed by atoms with E-state index in [-0.39, 0.29) is 10.6 Å². The Kier molecular flexibility index (Phi) is 4.56. The number of carbonyl (C=O) groups is 1. The zero-order valence-electron chi connectivity index (χ0n) is 10.9. The summed E-state index contributed by atoms with van der Waals surface area (Å²) < 4.78 is 0. The number of nitrogens with zero attached hydrogens (tertiary/aromatic N) is 2. The first-order valence-corrected chi connectivity index (χ1v) is 6.53. The van der Waals surface area contributed by atoms with Gasteiger partial charge in [-0.1, -0.05) is 13.8 Å². The normalized spacial score (nSPS) is 10.4. The number of hydrogen-bond acceptors (Lipinski definition) is 5. The maximum atomic E-state index is 11.2. The summed E-state index contributed by atoms with van der Waals surface area (Å²) in [7, 11) is 1.89.